The lowest BCUT2D eigenvalue weighted by molar-refractivity contribution is -0.133. The third-order valence-electron chi connectivity index (χ3n) is 4.86. The lowest BCUT2D eigenvalue weighted by Gasteiger charge is -2.26. The number of primary amides is 1. The van der Waals surface area contributed by atoms with Crippen LogP contribution in [0.3, 0.4) is 0 Å². The first-order valence-corrected chi connectivity index (χ1v) is 10.6. The first kappa shape index (κ1) is 27.8. The summed E-state index contributed by atoms with van der Waals surface area (Å²) in [5, 5.41) is 14.1. The number of likely N-dealkylation sites (N-methyl/N-ethyl adjacent to an activating group) is 1. The van der Waals surface area contributed by atoms with Crippen molar-refractivity contribution >= 4 is 23.6 Å². The molecule has 0 rings (SSSR count). The van der Waals surface area contributed by atoms with Gasteiger partial charge >= 0.3 is 6.03 Å². The Balaban J connectivity index is 4.86. The van der Waals surface area contributed by atoms with Gasteiger partial charge in [0.05, 0.1) is 12.1 Å². The fourth-order valence-electron chi connectivity index (χ4n) is 3.00. The maximum absolute atomic E-state index is 12.8. The summed E-state index contributed by atoms with van der Waals surface area (Å²) in [6, 6.07) is -2.46. The molecule has 0 saturated carbocycles. The Hall–Kier alpha value is -2.20. The van der Waals surface area contributed by atoms with Crippen molar-refractivity contribution in [3.8, 4) is 0 Å². The molecule has 7 N–H and O–H groups in total. The minimum Gasteiger partial charge on any atom is -0.352 e. The Morgan fingerprint density at radius 1 is 0.833 bits per heavy atom. The maximum atomic E-state index is 12.8. The van der Waals surface area contributed by atoms with E-state index >= 15 is 0 Å². The summed E-state index contributed by atoms with van der Waals surface area (Å²) in [4.78, 5) is 48.1. The monoisotopic (exact) mass is 428 g/mol. The number of urea groups is 1. The van der Waals surface area contributed by atoms with Crippen molar-refractivity contribution in [2.75, 3.05) is 27.2 Å². The molecule has 0 aliphatic rings. The zero-order valence-electron chi connectivity index (χ0n) is 19.0. The summed E-state index contributed by atoms with van der Waals surface area (Å²) in [6.45, 7) is 6.28. The van der Waals surface area contributed by atoms with Crippen molar-refractivity contribution in [1.29, 1.82) is 0 Å². The molecule has 0 aliphatic heterocycles. The summed E-state index contributed by atoms with van der Waals surface area (Å²) >= 11 is 0. The fourth-order valence-corrected chi connectivity index (χ4v) is 3.00. The third kappa shape index (κ3) is 11.7. The number of ketones is 1. The van der Waals surface area contributed by atoms with Gasteiger partial charge in [-0.2, -0.15) is 0 Å². The summed E-state index contributed by atoms with van der Waals surface area (Å²) < 4.78 is 0. The number of rotatable bonds is 16. The Morgan fingerprint density at radius 2 is 1.47 bits per heavy atom. The number of carbonyl (C=O) groups is 4. The minimum absolute atomic E-state index is 0.153. The van der Waals surface area contributed by atoms with Crippen LogP contribution in [0.2, 0.25) is 0 Å². The number of Topliss-reactive ketones (excluding diaryl/α,β-unsaturated/α-hetero) is 1. The molecular weight excluding hydrogens is 388 g/mol. The highest BCUT2D eigenvalue weighted by atomic mass is 16.2. The molecule has 4 amide bonds. The van der Waals surface area contributed by atoms with Crippen LogP contribution < -0.4 is 32.3 Å². The van der Waals surface area contributed by atoms with Crippen LogP contribution in [0.25, 0.3) is 0 Å². The summed E-state index contributed by atoms with van der Waals surface area (Å²) in [5.74, 6) is -0.971. The van der Waals surface area contributed by atoms with Crippen LogP contribution in [-0.4, -0.2) is 68.9 Å². The first-order chi connectivity index (χ1) is 14.1. The van der Waals surface area contributed by atoms with Gasteiger partial charge in [-0.3, -0.25) is 14.4 Å². The van der Waals surface area contributed by atoms with Crippen LogP contribution in [0.1, 0.15) is 52.9 Å². The van der Waals surface area contributed by atoms with Crippen LogP contribution in [0.5, 0.6) is 0 Å². The fraction of sp³-hybridized carbons (Fsp3) is 0.800. The largest absolute Gasteiger partial charge is 0.352 e. The Kier molecular flexibility index (Phi) is 14.5. The van der Waals surface area contributed by atoms with Gasteiger partial charge < -0.3 is 32.3 Å². The minimum atomic E-state index is -0.753. The molecule has 10 heteroatoms. The van der Waals surface area contributed by atoms with Gasteiger partial charge in [0.1, 0.15) is 6.04 Å². The SMILES string of the molecule is CNCCCCC(NC)C(=O)NC(C(=O)NC(CCCNC(N)=O)C(C)=O)C(C)C. The number of amides is 4. The second kappa shape index (κ2) is 15.6. The van der Waals surface area contributed by atoms with E-state index in [1.54, 1.807) is 7.05 Å². The molecule has 0 aromatic carbocycles. The van der Waals surface area contributed by atoms with E-state index in [4.69, 9.17) is 5.73 Å². The summed E-state index contributed by atoms with van der Waals surface area (Å²) in [6.07, 6.45) is 3.36. The van der Waals surface area contributed by atoms with E-state index in [1.165, 1.54) is 6.92 Å². The average Bonchev–Trinajstić information content (AvgIpc) is 2.67. The van der Waals surface area contributed by atoms with Crippen LogP contribution in [0, 0.1) is 5.92 Å². The number of carbonyl (C=O) groups excluding carboxylic acids is 4. The smallest absolute Gasteiger partial charge is 0.312 e. The summed E-state index contributed by atoms with van der Waals surface area (Å²) in [7, 11) is 3.61. The zero-order valence-corrected chi connectivity index (χ0v) is 19.0. The van der Waals surface area contributed by atoms with Crippen LogP contribution in [0.15, 0.2) is 0 Å². The zero-order chi connectivity index (χ0) is 23.1. The van der Waals surface area contributed by atoms with Gasteiger partial charge in [-0.15, -0.1) is 0 Å². The van der Waals surface area contributed by atoms with Gasteiger partial charge in [-0.25, -0.2) is 4.79 Å². The standard InChI is InChI=1S/C20H40N6O4/c1-13(2)17(26-18(28)16(23-5)9-6-7-11-22-4)19(29)25-15(14(3)27)10-8-12-24-20(21)30/h13,15-17,22-23H,6-12H2,1-5H3,(H,25,29)(H,26,28)(H3,21,24,30). The molecule has 0 aromatic heterocycles. The van der Waals surface area contributed by atoms with Crippen molar-refractivity contribution in [1.82, 2.24) is 26.6 Å². The number of nitrogens with one attached hydrogen (secondary N) is 5. The van der Waals surface area contributed by atoms with E-state index in [-0.39, 0.29) is 23.7 Å². The Bertz CT molecular complexity index is 555. The van der Waals surface area contributed by atoms with Crippen LogP contribution in [0.4, 0.5) is 4.79 Å². The second-order valence-electron chi connectivity index (χ2n) is 7.78. The molecule has 0 spiro atoms. The van der Waals surface area contributed by atoms with Crippen molar-refractivity contribution in [2.45, 2.75) is 71.0 Å². The molecule has 10 nitrogen and oxygen atoms in total. The predicted octanol–water partition coefficient (Wildman–Crippen LogP) is -0.373. The van der Waals surface area contributed by atoms with Gasteiger partial charge in [0.25, 0.3) is 0 Å². The van der Waals surface area contributed by atoms with Crippen molar-refractivity contribution in [3.05, 3.63) is 0 Å². The molecule has 3 atom stereocenters. The van der Waals surface area contributed by atoms with Crippen LogP contribution >= 0.6 is 0 Å². The highest BCUT2D eigenvalue weighted by Crippen LogP contribution is 2.07. The number of hydrogen-bond acceptors (Lipinski definition) is 6. The normalized spacial score (nSPS) is 13.9. The molecule has 3 unspecified atom stereocenters. The molecule has 30 heavy (non-hydrogen) atoms. The highest BCUT2D eigenvalue weighted by Gasteiger charge is 2.29. The highest BCUT2D eigenvalue weighted by molar-refractivity contribution is 5.93. The predicted molar refractivity (Wildman–Crippen MR) is 117 cm³/mol. The lowest BCUT2D eigenvalue weighted by Crippen LogP contribution is -2.56. The number of nitrogens with two attached hydrogens (primary N) is 1. The molecule has 0 bridgehead atoms. The molecule has 0 radical (unpaired) electrons. The first-order valence-electron chi connectivity index (χ1n) is 10.6. The van der Waals surface area contributed by atoms with E-state index < -0.39 is 24.0 Å². The Labute approximate surface area is 179 Å². The third-order valence-corrected chi connectivity index (χ3v) is 4.86. The quantitative estimate of drug-likeness (QED) is 0.184. The van der Waals surface area contributed by atoms with E-state index in [9.17, 15) is 19.2 Å². The number of hydrogen-bond donors (Lipinski definition) is 6. The molecule has 0 fully saturated rings. The van der Waals surface area contributed by atoms with Gasteiger partial charge in [0.15, 0.2) is 5.78 Å². The summed E-state index contributed by atoms with van der Waals surface area (Å²) in [5.41, 5.74) is 5.02. The van der Waals surface area contributed by atoms with Gasteiger partial charge in [-0.05, 0) is 59.2 Å². The topological polar surface area (TPSA) is 154 Å². The maximum Gasteiger partial charge on any atom is 0.312 e. The van der Waals surface area contributed by atoms with Crippen LogP contribution in [-0.2, 0) is 14.4 Å². The van der Waals surface area contributed by atoms with Gasteiger partial charge in [-0.1, -0.05) is 20.3 Å². The molecule has 0 aromatic rings. The van der Waals surface area contributed by atoms with E-state index in [1.807, 2.05) is 20.9 Å². The second-order valence-corrected chi connectivity index (χ2v) is 7.78. The Morgan fingerprint density at radius 3 is 1.97 bits per heavy atom. The van der Waals surface area contributed by atoms with E-state index in [0.717, 1.165) is 19.4 Å². The van der Waals surface area contributed by atoms with Crippen molar-refractivity contribution in [2.24, 2.45) is 11.7 Å². The lowest BCUT2D eigenvalue weighted by atomic mass is 10.00. The van der Waals surface area contributed by atoms with E-state index in [0.29, 0.717) is 25.8 Å². The molecule has 0 saturated heterocycles. The molecule has 0 heterocycles. The molecular formula is C20H40N6O4. The van der Waals surface area contributed by atoms with Crippen molar-refractivity contribution in [3.63, 3.8) is 0 Å². The van der Waals surface area contributed by atoms with Crippen molar-refractivity contribution < 1.29 is 19.2 Å². The molecule has 0 aliphatic carbocycles. The average molecular weight is 429 g/mol. The molecule has 174 valence electrons. The van der Waals surface area contributed by atoms with Gasteiger partial charge in [0.2, 0.25) is 11.8 Å². The van der Waals surface area contributed by atoms with E-state index in [2.05, 4.69) is 26.6 Å². The van der Waals surface area contributed by atoms with Gasteiger partial charge in [0, 0.05) is 6.54 Å². The number of unbranched alkanes of at least 4 members (excludes halogenated alkanes) is 1.